The lowest BCUT2D eigenvalue weighted by Gasteiger charge is -2.62. The Morgan fingerprint density at radius 2 is 2.00 bits per heavy atom. The van der Waals surface area contributed by atoms with Gasteiger partial charge in [0.1, 0.15) is 11.4 Å². The Balaban J connectivity index is 1.29. The first-order valence-electron chi connectivity index (χ1n) is 13.4. The lowest BCUT2D eigenvalue weighted by Crippen LogP contribution is -2.63. The second kappa shape index (κ2) is 7.94. The molecule has 0 radical (unpaired) electrons. The number of carbonyl (C=O) groups excluding carboxylic acids is 2. The summed E-state index contributed by atoms with van der Waals surface area (Å²) in [6.07, 6.45) is 9.80. The van der Waals surface area contributed by atoms with Crippen molar-refractivity contribution < 1.29 is 9.59 Å². The number of fused-ring (bicyclic) bond motifs is 6. The molecule has 2 aromatic rings. The topological polar surface area (TPSA) is 78.1 Å². The van der Waals surface area contributed by atoms with Crippen LogP contribution in [0.2, 0.25) is 0 Å². The van der Waals surface area contributed by atoms with Crippen LogP contribution in [0.3, 0.4) is 0 Å². The van der Waals surface area contributed by atoms with Gasteiger partial charge in [0, 0.05) is 18.5 Å². The van der Waals surface area contributed by atoms with E-state index in [2.05, 4.69) is 42.1 Å². The number of likely N-dealkylation sites (N-methyl/N-ethyl adjacent to an activating group) is 1. The molecule has 2 unspecified atom stereocenters. The van der Waals surface area contributed by atoms with E-state index >= 15 is 0 Å². The van der Waals surface area contributed by atoms with E-state index < -0.39 is 0 Å². The van der Waals surface area contributed by atoms with Crippen LogP contribution >= 0.6 is 0 Å². The fraction of sp³-hybridized carbons (Fsp3) is 0.621. The second-order valence-corrected chi connectivity index (χ2v) is 12.3. The molecular weight excluding hydrogens is 436 g/mol. The fourth-order valence-corrected chi connectivity index (χ4v) is 8.96. The van der Waals surface area contributed by atoms with E-state index in [1.165, 1.54) is 38.5 Å². The van der Waals surface area contributed by atoms with Gasteiger partial charge >= 0.3 is 0 Å². The van der Waals surface area contributed by atoms with Crippen molar-refractivity contribution in [2.75, 3.05) is 7.05 Å². The predicted octanol–water partition coefficient (Wildman–Crippen LogP) is 4.82. The van der Waals surface area contributed by atoms with Gasteiger partial charge in [0.05, 0.1) is 17.6 Å². The number of hydrogen-bond acceptors (Lipinski definition) is 3. The zero-order valence-corrected chi connectivity index (χ0v) is 21.4. The van der Waals surface area contributed by atoms with E-state index in [-0.39, 0.29) is 29.8 Å². The number of hydrogen-bond donors (Lipinski definition) is 2. The Kier molecular flexibility index (Phi) is 5.17. The number of carbonyl (C=O) groups is 2. The molecule has 7 atom stereocenters. The Morgan fingerprint density at radius 3 is 2.80 bits per heavy atom. The van der Waals surface area contributed by atoms with Crippen molar-refractivity contribution in [3.8, 4) is 0 Å². The third-order valence-electron chi connectivity index (χ3n) is 10.4. The number of nitrogens with one attached hydrogen (secondary N) is 2. The highest BCUT2D eigenvalue weighted by atomic mass is 16.2. The summed E-state index contributed by atoms with van der Waals surface area (Å²) in [4.78, 5) is 36.5. The van der Waals surface area contributed by atoms with Crippen LogP contribution in [-0.4, -0.2) is 39.8 Å². The summed E-state index contributed by atoms with van der Waals surface area (Å²) in [5.41, 5.74) is 2.42. The number of benzene rings is 1. The highest BCUT2D eigenvalue weighted by molar-refractivity contribution is 6.19. The van der Waals surface area contributed by atoms with Crippen molar-refractivity contribution in [2.45, 2.75) is 71.9 Å². The van der Waals surface area contributed by atoms with Gasteiger partial charge in [-0.05, 0) is 73.3 Å². The first kappa shape index (κ1) is 22.8. The number of imidazole rings is 1. The third kappa shape index (κ3) is 3.39. The highest BCUT2D eigenvalue weighted by Gasteiger charge is 2.61. The van der Waals surface area contributed by atoms with E-state index in [4.69, 9.17) is 0 Å². The first-order valence-corrected chi connectivity index (χ1v) is 13.4. The lowest BCUT2D eigenvalue weighted by atomic mass is 9.46. The van der Waals surface area contributed by atoms with E-state index in [1.807, 2.05) is 36.2 Å². The van der Waals surface area contributed by atoms with Crippen LogP contribution in [-0.2, 0) is 16.1 Å². The molecule has 3 saturated carbocycles. The molecule has 6 rings (SSSR count). The predicted molar refractivity (Wildman–Crippen MR) is 136 cm³/mol. The number of aromatic nitrogens is 2. The van der Waals surface area contributed by atoms with Gasteiger partial charge < -0.3 is 15.2 Å². The quantitative estimate of drug-likeness (QED) is 0.626. The molecule has 2 heterocycles. The average Bonchev–Trinajstić information content (AvgIpc) is 3.43. The van der Waals surface area contributed by atoms with Crippen LogP contribution in [0.5, 0.6) is 0 Å². The van der Waals surface area contributed by atoms with Crippen molar-refractivity contribution in [3.63, 3.8) is 0 Å². The Labute approximate surface area is 207 Å². The number of nitrogens with zero attached hydrogens (tertiary/aromatic N) is 2. The van der Waals surface area contributed by atoms with Crippen LogP contribution in [0.1, 0.15) is 65.1 Å². The number of H-pyrrole nitrogens is 1. The summed E-state index contributed by atoms with van der Waals surface area (Å²) in [5.74, 6) is 2.66. The molecule has 0 spiro atoms. The molecule has 4 aliphatic rings. The van der Waals surface area contributed by atoms with Crippen molar-refractivity contribution in [2.24, 2.45) is 34.5 Å². The van der Waals surface area contributed by atoms with Crippen LogP contribution in [0.4, 0.5) is 0 Å². The monoisotopic (exact) mass is 474 g/mol. The number of para-hydroxylation sites is 2. The molecule has 0 saturated heterocycles. The molecule has 1 aliphatic heterocycles. The van der Waals surface area contributed by atoms with Gasteiger partial charge in [-0.1, -0.05) is 45.4 Å². The molecule has 35 heavy (non-hydrogen) atoms. The van der Waals surface area contributed by atoms with Crippen molar-refractivity contribution in [3.05, 3.63) is 41.7 Å². The van der Waals surface area contributed by atoms with Crippen molar-refractivity contribution in [1.29, 1.82) is 0 Å². The maximum atomic E-state index is 13.4. The largest absolute Gasteiger partial charge is 0.345 e. The zero-order valence-electron chi connectivity index (χ0n) is 21.4. The summed E-state index contributed by atoms with van der Waals surface area (Å²) >= 11 is 0. The van der Waals surface area contributed by atoms with Gasteiger partial charge in [0.25, 0.3) is 11.8 Å². The molecule has 3 fully saturated rings. The van der Waals surface area contributed by atoms with Crippen molar-refractivity contribution in [1.82, 2.24) is 20.2 Å². The van der Waals surface area contributed by atoms with Gasteiger partial charge in [0.15, 0.2) is 0 Å². The first-order chi connectivity index (χ1) is 16.7. The smallest absolute Gasteiger partial charge is 0.259 e. The van der Waals surface area contributed by atoms with E-state index in [0.717, 1.165) is 17.0 Å². The van der Waals surface area contributed by atoms with Gasteiger partial charge in [0.2, 0.25) is 0 Å². The maximum absolute atomic E-state index is 13.4. The third-order valence-corrected chi connectivity index (χ3v) is 10.4. The van der Waals surface area contributed by atoms with Crippen LogP contribution < -0.4 is 5.32 Å². The molecular formula is C29H38N4O2. The molecule has 6 nitrogen and oxygen atoms in total. The normalized spacial score (nSPS) is 38.5. The number of amides is 2. The molecule has 186 valence electrons. The summed E-state index contributed by atoms with van der Waals surface area (Å²) in [7, 11) is 1.91. The maximum Gasteiger partial charge on any atom is 0.259 e. The molecule has 1 aromatic carbocycles. The second-order valence-electron chi connectivity index (χ2n) is 12.3. The molecule has 6 heteroatoms. The lowest BCUT2D eigenvalue weighted by molar-refractivity contribution is -0.147. The molecule has 1 aromatic heterocycles. The minimum Gasteiger partial charge on any atom is -0.345 e. The Hall–Kier alpha value is -2.63. The summed E-state index contributed by atoms with van der Waals surface area (Å²) in [6, 6.07) is 7.97. The van der Waals surface area contributed by atoms with Crippen LogP contribution in [0.15, 0.2) is 35.9 Å². The van der Waals surface area contributed by atoms with Gasteiger partial charge in [-0.2, -0.15) is 0 Å². The van der Waals surface area contributed by atoms with Gasteiger partial charge in [-0.15, -0.1) is 0 Å². The van der Waals surface area contributed by atoms with Gasteiger partial charge in [-0.3, -0.25) is 9.59 Å². The standard InChI is InChI=1S/C29H38N4O2/c1-17-14-18-20-8-7-12-28(20,2)13-11-21(18)29(3)15-19(27(35)33(4)25(17)29)26(34)30-16-24-31-22-9-5-6-10-23(22)32-24/h5-6,9-10,15,17-18,20-21,25H,7-8,11-14,16H2,1-4H3,(H,30,34)(H,31,32)/t17?,18-,20-,21+,25?,28-,29+/m0/s1. The summed E-state index contributed by atoms with van der Waals surface area (Å²) in [6.45, 7) is 7.44. The van der Waals surface area contributed by atoms with Crippen molar-refractivity contribution >= 4 is 22.8 Å². The average molecular weight is 475 g/mol. The molecule has 0 bridgehead atoms. The fourth-order valence-electron chi connectivity index (χ4n) is 8.96. The highest BCUT2D eigenvalue weighted by Crippen LogP contribution is 2.65. The zero-order chi connectivity index (χ0) is 24.5. The van der Waals surface area contributed by atoms with E-state index in [0.29, 0.717) is 34.6 Å². The Morgan fingerprint density at radius 1 is 1.20 bits per heavy atom. The van der Waals surface area contributed by atoms with E-state index in [1.54, 1.807) is 0 Å². The summed E-state index contributed by atoms with van der Waals surface area (Å²) < 4.78 is 0. The Bertz CT molecular complexity index is 1180. The van der Waals surface area contributed by atoms with Crippen LogP contribution in [0.25, 0.3) is 11.0 Å². The minimum absolute atomic E-state index is 0.147. The molecule has 2 N–H and O–H groups in total. The van der Waals surface area contributed by atoms with Gasteiger partial charge in [-0.25, -0.2) is 4.98 Å². The SMILES string of the molecule is CC1C[C@@H]2[C@@H](CC[C@]3(C)CCC[C@@H]23)[C@@]2(C)C=C(C(=O)NCc3nc4ccccc4[nH]3)C(=O)N(C)C12. The van der Waals surface area contributed by atoms with E-state index in [9.17, 15) is 9.59 Å². The number of rotatable bonds is 3. The minimum atomic E-state index is -0.293. The van der Waals surface area contributed by atoms with Crippen LogP contribution in [0, 0.1) is 34.5 Å². The molecule has 2 amide bonds. The summed E-state index contributed by atoms with van der Waals surface area (Å²) in [5, 5.41) is 2.97. The number of aromatic amines is 1. The molecule has 3 aliphatic carbocycles.